The van der Waals surface area contributed by atoms with Crippen LogP contribution in [0.25, 0.3) is 0 Å². The molecule has 0 saturated carbocycles. The highest BCUT2D eigenvalue weighted by Gasteiger charge is 2.53. The molecule has 0 N–H and O–H groups in total. The smallest absolute Gasteiger partial charge is 0.314 e. The van der Waals surface area contributed by atoms with Crippen molar-refractivity contribution >= 4 is 21.6 Å². The van der Waals surface area contributed by atoms with Crippen LogP contribution in [0.15, 0.2) is 42.5 Å². The van der Waals surface area contributed by atoms with Crippen LogP contribution < -0.4 is 4.90 Å². The molecule has 2 aliphatic heterocycles. The maximum atomic E-state index is 13.3. The van der Waals surface area contributed by atoms with E-state index in [1.54, 1.807) is 9.80 Å². The lowest BCUT2D eigenvalue weighted by atomic mass is 10.0. The minimum absolute atomic E-state index is 0.0300. The second-order valence-corrected chi connectivity index (χ2v) is 10.1. The molecule has 2 fully saturated rings. The van der Waals surface area contributed by atoms with Crippen LogP contribution in [0.4, 0.5) is 10.5 Å². The van der Waals surface area contributed by atoms with Crippen molar-refractivity contribution in [3.8, 4) is 0 Å². The second kappa shape index (κ2) is 6.92. The molecule has 2 saturated heterocycles. The fourth-order valence-electron chi connectivity index (χ4n) is 4.31. The SMILES string of the molecule is CCc1ccc(N2C(=O)N(Cc3cc(C)ccc3C)[C@H]3CS(=O)(=O)C[C@@H]32)cc1. The molecular weight excluding hydrogens is 372 g/mol. The van der Waals surface area contributed by atoms with Crippen molar-refractivity contribution in [2.24, 2.45) is 0 Å². The zero-order valence-corrected chi connectivity index (χ0v) is 17.4. The third kappa shape index (κ3) is 3.30. The zero-order valence-electron chi connectivity index (χ0n) is 16.6. The number of carbonyl (C=O) groups is 1. The first-order chi connectivity index (χ1) is 13.3. The Balaban J connectivity index is 1.71. The number of sulfone groups is 1. The first kappa shape index (κ1) is 19.0. The average Bonchev–Trinajstić information content (AvgIpc) is 3.09. The Labute approximate surface area is 166 Å². The van der Waals surface area contributed by atoms with E-state index in [0.717, 1.165) is 28.8 Å². The summed E-state index contributed by atoms with van der Waals surface area (Å²) in [6.45, 7) is 6.58. The van der Waals surface area contributed by atoms with Crippen LogP contribution in [0, 0.1) is 13.8 Å². The number of amides is 2. The third-order valence-electron chi connectivity index (χ3n) is 5.95. The van der Waals surface area contributed by atoms with E-state index in [1.165, 1.54) is 5.56 Å². The zero-order chi connectivity index (χ0) is 20.1. The van der Waals surface area contributed by atoms with Gasteiger partial charge in [0.05, 0.1) is 23.6 Å². The molecule has 4 rings (SSSR count). The Morgan fingerprint density at radius 3 is 2.36 bits per heavy atom. The predicted octanol–water partition coefficient (Wildman–Crippen LogP) is 3.47. The largest absolute Gasteiger partial charge is 0.325 e. The molecule has 28 heavy (non-hydrogen) atoms. The van der Waals surface area contributed by atoms with Crippen molar-refractivity contribution in [3.63, 3.8) is 0 Å². The maximum absolute atomic E-state index is 13.3. The van der Waals surface area contributed by atoms with Gasteiger partial charge in [-0.2, -0.15) is 0 Å². The summed E-state index contributed by atoms with van der Waals surface area (Å²) in [4.78, 5) is 16.8. The molecule has 5 nitrogen and oxygen atoms in total. The quantitative estimate of drug-likeness (QED) is 0.741. The van der Waals surface area contributed by atoms with Crippen LogP contribution in [0.3, 0.4) is 0 Å². The Kier molecular flexibility index (Phi) is 4.70. The normalized spacial score (nSPS) is 23.3. The molecule has 0 unspecified atom stereocenters. The van der Waals surface area contributed by atoms with Gasteiger partial charge in [0.2, 0.25) is 0 Å². The van der Waals surface area contributed by atoms with Crippen molar-refractivity contribution in [1.82, 2.24) is 4.90 Å². The number of anilines is 1. The molecule has 2 aromatic rings. The summed E-state index contributed by atoms with van der Waals surface area (Å²) >= 11 is 0. The average molecular weight is 399 g/mol. The van der Waals surface area contributed by atoms with Gasteiger partial charge in [0, 0.05) is 12.2 Å². The molecule has 2 amide bonds. The molecule has 6 heteroatoms. The van der Waals surface area contributed by atoms with Gasteiger partial charge in [-0.25, -0.2) is 13.2 Å². The first-order valence-corrected chi connectivity index (χ1v) is 11.6. The van der Waals surface area contributed by atoms with Gasteiger partial charge >= 0.3 is 6.03 Å². The molecule has 0 radical (unpaired) electrons. The van der Waals surface area contributed by atoms with Crippen LogP contribution in [0.1, 0.15) is 29.2 Å². The first-order valence-electron chi connectivity index (χ1n) is 9.74. The number of hydrogen-bond donors (Lipinski definition) is 0. The van der Waals surface area contributed by atoms with E-state index in [2.05, 4.69) is 25.1 Å². The Morgan fingerprint density at radius 1 is 1.00 bits per heavy atom. The Morgan fingerprint density at radius 2 is 1.68 bits per heavy atom. The molecule has 148 valence electrons. The molecule has 0 bridgehead atoms. The van der Waals surface area contributed by atoms with Gasteiger partial charge in [-0.05, 0) is 49.1 Å². The van der Waals surface area contributed by atoms with Gasteiger partial charge in [0.25, 0.3) is 0 Å². The van der Waals surface area contributed by atoms with E-state index in [1.807, 2.05) is 38.1 Å². The van der Waals surface area contributed by atoms with E-state index in [9.17, 15) is 13.2 Å². The van der Waals surface area contributed by atoms with Gasteiger partial charge in [0.15, 0.2) is 9.84 Å². The molecule has 0 spiro atoms. The van der Waals surface area contributed by atoms with Crippen LogP contribution in [-0.4, -0.2) is 42.9 Å². The minimum Gasteiger partial charge on any atom is -0.314 e. The predicted molar refractivity (Wildman–Crippen MR) is 111 cm³/mol. The van der Waals surface area contributed by atoms with E-state index in [-0.39, 0.29) is 29.6 Å². The number of fused-ring (bicyclic) bond motifs is 1. The summed E-state index contributed by atoms with van der Waals surface area (Å²) in [5.41, 5.74) is 5.28. The monoisotopic (exact) mass is 398 g/mol. The molecule has 2 heterocycles. The summed E-state index contributed by atoms with van der Waals surface area (Å²) in [7, 11) is -3.16. The molecule has 0 aromatic heterocycles. The third-order valence-corrected chi connectivity index (χ3v) is 7.64. The van der Waals surface area contributed by atoms with Crippen molar-refractivity contribution in [2.75, 3.05) is 16.4 Å². The molecule has 2 aliphatic rings. The number of carbonyl (C=O) groups excluding carboxylic acids is 1. The van der Waals surface area contributed by atoms with Crippen LogP contribution in [0.5, 0.6) is 0 Å². The van der Waals surface area contributed by atoms with Gasteiger partial charge in [-0.1, -0.05) is 42.8 Å². The summed E-state index contributed by atoms with van der Waals surface area (Å²) in [6, 6.07) is 13.3. The number of rotatable bonds is 4. The number of urea groups is 1. The van der Waals surface area contributed by atoms with E-state index in [4.69, 9.17) is 0 Å². The lowest BCUT2D eigenvalue weighted by Crippen LogP contribution is -2.37. The fourth-order valence-corrected chi connectivity index (χ4v) is 6.26. The van der Waals surface area contributed by atoms with Crippen molar-refractivity contribution in [2.45, 2.75) is 45.8 Å². The van der Waals surface area contributed by atoms with Crippen LogP contribution in [-0.2, 0) is 22.8 Å². The maximum Gasteiger partial charge on any atom is 0.325 e. The number of hydrogen-bond acceptors (Lipinski definition) is 3. The Hall–Kier alpha value is -2.34. The fraction of sp³-hybridized carbons (Fsp3) is 0.409. The van der Waals surface area contributed by atoms with Gasteiger partial charge < -0.3 is 4.90 Å². The number of aryl methyl sites for hydroxylation is 3. The standard InChI is InChI=1S/C22H26N2O3S/c1-4-17-7-9-19(10-8-17)24-21-14-28(26,27)13-20(21)23(22(24)25)12-18-11-15(2)5-6-16(18)3/h5-11,20-21H,4,12-14H2,1-3H3/t20-,21-/m0/s1. The summed E-state index contributed by atoms with van der Waals surface area (Å²) in [5, 5.41) is 0. The lowest BCUT2D eigenvalue weighted by Gasteiger charge is -2.23. The number of nitrogens with zero attached hydrogens (tertiary/aromatic N) is 2. The Bertz CT molecular complexity index is 1010. The minimum atomic E-state index is -3.16. The summed E-state index contributed by atoms with van der Waals surface area (Å²) < 4.78 is 24.8. The van der Waals surface area contributed by atoms with Crippen LogP contribution in [0.2, 0.25) is 0 Å². The highest BCUT2D eigenvalue weighted by molar-refractivity contribution is 7.91. The molecule has 0 aliphatic carbocycles. The topological polar surface area (TPSA) is 57.7 Å². The second-order valence-electron chi connectivity index (χ2n) is 7.94. The summed E-state index contributed by atoms with van der Waals surface area (Å²) in [6.07, 6.45) is 0.924. The van der Waals surface area contributed by atoms with E-state index in [0.29, 0.717) is 6.54 Å². The molecule has 2 aromatic carbocycles. The van der Waals surface area contributed by atoms with E-state index < -0.39 is 9.84 Å². The number of benzene rings is 2. The van der Waals surface area contributed by atoms with Gasteiger partial charge in [-0.15, -0.1) is 0 Å². The van der Waals surface area contributed by atoms with Crippen molar-refractivity contribution < 1.29 is 13.2 Å². The highest BCUT2D eigenvalue weighted by atomic mass is 32.2. The lowest BCUT2D eigenvalue weighted by molar-refractivity contribution is 0.205. The highest BCUT2D eigenvalue weighted by Crippen LogP contribution is 2.36. The molecular formula is C22H26N2O3S. The van der Waals surface area contributed by atoms with Gasteiger partial charge in [0.1, 0.15) is 0 Å². The van der Waals surface area contributed by atoms with Crippen molar-refractivity contribution in [1.29, 1.82) is 0 Å². The van der Waals surface area contributed by atoms with E-state index >= 15 is 0 Å². The molecule has 2 atom stereocenters. The van der Waals surface area contributed by atoms with Crippen molar-refractivity contribution in [3.05, 3.63) is 64.7 Å². The summed E-state index contributed by atoms with van der Waals surface area (Å²) in [5.74, 6) is 0.0695. The van der Waals surface area contributed by atoms with Gasteiger partial charge in [-0.3, -0.25) is 4.90 Å². The van der Waals surface area contributed by atoms with Crippen LogP contribution >= 0.6 is 0 Å².